The Balaban J connectivity index is 2.52. The molecule has 94 valence electrons. The fourth-order valence-electron chi connectivity index (χ4n) is 1.25. The Bertz CT molecular complexity index is 312. The first-order valence-corrected chi connectivity index (χ1v) is 7.18. The minimum Gasteiger partial charge on any atom is -0.455 e. The number of aliphatic hydroxyl groups is 3. The van der Waals surface area contributed by atoms with Gasteiger partial charge in [0.2, 0.25) is 0 Å². The molecule has 0 aliphatic carbocycles. The van der Waals surface area contributed by atoms with Crippen LogP contribution in [0.2, 0.25) is 0 Å². The zero-order valence-electron chi connectivity index (χ0n) is 8.94. The molecular weight excluding hydrogens is 239 g/mol. The molecule has 7 nitrogen and oxygen atoms in total. The van der Waals surface area contributed by atoms with Crippen LogP contribution in [0.3, 0.4) is 0 Å². The second kappa shape index (κ2) is 4.81. The van der Waals surface area contributed by atoms with Crippen LogP contribution in [0.25, 0.3) is 0 Å². The van der Waals surface area contributed by atoms with E-state index in [4.69, 9.17) is 9.63 Å². The Morgan fingerprint density at radius 1 is 1.50 bits per heavy atom. The van der Waals surface area contributed by atoms with E-state index < -0.39 is 37.8 Å². The number of hydrogen-bond donors (Lipinski definition) is 3. The zero-order valence-corrected chi connectivity index (χ0v) is 9.83. The fraction of sp³-hybridized carbons (Fsp3) is 0.875. The van der Waals surface area contributed by atoms with Crippen LogP contribution in [-0.2, 0) is 18.6 Å². The van der Waals surface area contributed by atoms with E-state index in [2.05, 4.69) is 4.74 Å². The minimum atomic E-state index is -2.75. The van der Waals surface area contributed by atoms with Gasteiger partial charge in [-0.05, 0) is 0 Å². The van der Waals surface area contributed by atoms with Gasteiger partial charge in [-0.15, -0.1) is 0 Å². The fourth-order valence-corrected chi connectivity index (χ4v) is 1.76. The molecule has 0 aromatic heterocycles. The Kier molecular flexibility index (Phi) is 4.09. The molecule has 0 saturated carbocycles. The van der Waals surface area contributed by atoms with Crippen LogP contribution in [-0.4, -0.2) is 65.6 Å². The summed E-state index contributed by atoms with van der Waals surface area (Å²) in [7, 11) is -2.75. The van der Waals surface area contributed by atoms with Crippen LogP contribution >= 0.6 is 7.37 Å². The first kappa shape index (κ1) is 13.6. The van der Waals surface area contributed by atoms with Gasteiger partial charge in [-0.1, -0.05) is 0 Å². The molecule has 0 aromatic carbocycles. The number of hydrogen-bond acceptors (Lipinski definition) is 7. The average Bonchev–Trinajstić information content (AvgIpc) is 2.41. The van der Waals surface area contributed by atoms with Gasteiger partial charge < -0.3 is 24.6 Å². The van der Waals surface area contributed by atoms with E-state index in [1.807, 2.05) is 0 Å². The topological polar surface area (TPSA) is 113 Å². The van der Waals surface area contributed by atoms with Crippen LogP contribution in [0.15, 0.2) is 0 Å². The maximum atomic E-state index is 11.2. The molecule has 1 aliphatic rings. The molecule has 16 heavy (non-hydrogen) atoms. The SMILES string of the molecule is CP(C)(=O)OC[C@@H](O)[C@H]1OC(=O)C(O)[C@H]1O. The lowest BCUT2D eigenvalue weighted by Gasteiger charge is -2.20. The van der Waals surface area contributed by atoms with Crippen molar-refractivity contribution >= 4 is 13.3 Å². The molecule has 1 unspecified atom stereocenters. The minimum absolute atomic E-state index is 0.341. The molecule has 1 fully saturated rings. The summed E-state index contributed by atoms with van der Waals surface area (Å²) in [6.07, 6.45) is -5.74. The normalized spacial score (nSPS) is 32.6. The summed E-state index contributed by atoms with van der Waals surface area (Å²) in [5.74, 6) is -0.993. The average molecular weight is 254 g/mol. The van der Waals surface area contributed by atoms with E-state index in [9.17, 15) is 19.6 Å². The Hall–Kier alpha value is -0.460. The monoisotopic (exact) mass is 254 g/mol. The van der Waals surface area contributed by atoms with E-state index in [0.717, 1.165) is 0 Å². The summed E-state index contributed by atoms with van der Waals surface area (Å²) in [6.45, 7) is 2.39. The van der Waals surface area contributed by atoms with Gasteiger partial charge in [-0.3, -0.25) is 4.57 Å². The van der Waals surface area contributed by atoms with E-state index in [1.165, 1.54) is 13.3 Å². The molecule has 0 aromatic rings. The van der Waals surface area contributed by atoms with Gasteiger partial charge >= 0.3 is 5.97 Å². The Labute approximate surface area is 92.4 Å². The Morgan fingerprint density at radius 2 is 2.06 bits per heavy atom. The van der Waals surface area contributed by atoms with Crippen molar-refractivity contribution < 1.29 is 33.9 Å². The van der Waals surface area contributed by atoms with Crippen molar-refractivity contribution in [2.45, 2.75) is 24.4 Å². The lowest BCUT2D eigenvalue weighted by Crippen LogP contribution is -2.40. The predicted octanol–water partition coefficient (Wildman–Crippen LogP) is -1.45. The number of ether oxygens (including phenoxy) is 1. The highest BCUT2D eigenvalue weighted by atomic mass is 31.2. The van der Waals surface area contributed by atoms with Crippen LogP contribution in [0, 0.1) is 0 Å². The highest BCUT2D eigenvalue weighted by Gasteiger charge is 2.46. The summed E-state index contributed by atoms with van der Waals surface area (Å²) in [6, 6.07) is 0. The number of cyclic esters (lactones) is 1. The van der Waals surface area contributed by atoms with Gasteiger partial charge in [-0.25, -0.2) is 4.79 Å². The van der Waals surface area contributed by atoms with E-state index >= 15 is 0 Å². The second-order valence-electron chi connectivity index (χ2n) is 3.95. The summed E-state index contributed by atoms with van der Waals surface area (Å²) >= 11 is 0. The lowest BCUT2D eigenvalue weighted by atomic mass is 10.1. The maximum absolute atomic E-state index is 11.2. The van der Waals surface area contributed by atoms with Crippen molar-refractivity contribution in [1.82, 2.24) is 0 Å². The number of esters is 1. The molecule has 1 aliphatic heterocycles. The van der Waals surface area contributed by atoms with Crippen LogP contribution in [0.1, 0.15) is 0 Å². The van der Waals surface area contributed by atoms with E-state index in [0.29, 0.717) is 0 Å². The number of carbonyl (C=O) groups excluding carboxylic acids is 1. The van der Waals surface area contributed by atoms with Gasteiger partial charge in [-0.2, -0.15) is 0 Å². The Morgan fingerprint density at radius 3 is 2.44 bits per heavy atom. The van der Waals surface area contributed by atoms with E-state index in [-0.39, 0.29) is 6.61 Å². The standard InChI is InChI=1S/C8H15O7P/c1-16(2,13)14-3-4(9)7-5(10)6(11)8(12)15-7/h4-7,9-11H,3H2,1-2H3/t4-,5-,6?,7-/m1/s1. The first-order chi connectivity index (χ1) is 7.22. The second-order valence-corrected chi connectivity index (χ2v) is 6.71. The zero-order chi connectivity index (χ0) is 12.5. The third-order valence-corrected chi connectivity index (χ3v) is 2.86. The van der Waals surface area contributed by atoms with Gasteiger partial charge in [0, 0.05) is 13.3 Å². The van der Waals surface area contributed by atoms with Crippen LogP contribution in [0.5, 0.6) is 0 Å². The van der Waals surface area contributed by atoms with E-state index in [1.54, 1.807) is 0 Å². The maximum Gasteiger partial charge on any atom is 0.338 e. The molecule has 8 heteroatoms. The third kappa shape index (κ3) is 3.26. The quantitative estimate of drug-likeness (QED) is 0.415. The molecule has 3 N–H and O–H groups in total. The number of carbonyl (C=O) groups is 1. The summed E-state index contributed by atoms with van der Waals surface area (Å²) in [5, 5.41) is 28.0. The lowest BCUT2D eigenvalue weighted by molar-refractivity contribution is -0.151. The van der Waals surface area contributed by atoms with Crippen molar-refractivity contribution in [2.75, 3.05) is 19.9 Å². The molecule has 1 rings (SSSR count). The number of aliphatic hydroxyl groups excluding tert-OH is 3. The molecule has 1 heterocycles. The van der Waals surface area contributed by atoms with Gasteiger partial charge in [0.1, 0.15) is 12.2 Å². The molecular formula is C8H15O7P. The largest absolute Gasteiger partial charge is 0.455 e. The molecule has 4 atom stereocenters. The molecule has 1 saturated heterocycles. The van der Waals surface area contributed by atoms with Crippen molar-refractivity contribution in [3.8, 4) is 0 Å². The van der Waals surface area contributed by atoms with Crippen LogP contribution in [0.4, 0.5) is 0 Å². The highest BCUT2D eigenvalue weighted by Crippen LogP contribution is 2.37. The predicted molar refractivity (Wildman–Crippen MR) is 53.3 cm³/mol. The number of rotatable bonds is 4. The summed E-state index contributed by atoms with van der Waals surface area (Å²) in [4.78, 5) is 10.9. The third-order valence-electron chi connectivity index (χ3n) is 2.09. The van der Waals surface area contributed by atoms with Crippen LogP contribution < -0.4 is 0 Å². The molecule has 0 bridgehead atoms. The van der Waals surface area contributed by atoms with Gasteiger partial charge in [0.25, 0.3) is 0 Å². The van der Waals surface area contributed by atoms with Crippen molar-refractivity contribution in [2.24, 2.45) is 0 Å². The molecule has 0 amide bonds. The smallest absolute Gasteiger partial charge is 0.338 e. The molecule has 0 spiro atoms. The van der Waals surface area contributed by atoms with Crippen molar-refractivity contribution in [3.05, 3.63) is 0 Å². The van der Waals surface area contributed by atoms with Gasteiger partial charge in [0.15, 0.2) is 19.6 Å². The molecule has 0 radical (unpaired) electrons. The van der Waals surface area contributed by atoms with Crippen molar-refractivity contribution in [3.63, 3.8) is 0 Å². The highest BCUT2D eigenvalue weighted by molar-refractivity contribution is 7.57. The van der Waals surface area contributed by atoms with Gasteiger partial charge in [0.05, 0.1) is 6.61 Å². The summed E-state index contributed by atoms with van der Waals surface area (Å²) < 4.78 is 20.6. The van der Waals surface area contributed by atoms with Crippen molar-refractivity contribution in [1.29, 1.82) is 0 Å². The summed E-state index contributed by atoms with van der Waals surface area (Å²) in [5.41, 5.74) is 0. The first-order valence-electron chi connectivity index (χ1n) is 4.66.